The van der Waals surface area contributed by atoms with Crippen molar-refractivity contribution in [1.29, 1.82) is 0 Å². The summed E-state index contributed by atoms with van der Waals surface area (Å²) in [5.41, 5.74) is 0.837. The minimum Gasteiger partial charge on any atom is -0.454 e. The van der Waals surface area contributed by atoms with Crippen LogP contribution in [0, 0.1) is 12.7 Å². The summed E-state index contributed by atoms with van der Waals surface area (Å²) in [4.78, 5) is 0. The lowest BCUT2D eigenvalue weighted by molar-refractivity contribution is 0.442. The Kier molecular flexibility index (Phi) is 3.55. The van der Waals surface area contributed by atoms with E-state index in [0.717, 1.165) is 5.56 Å². The Balaban J connectivity index is 2.28. The van der Waals surface area contributed by atoms with E-state index in [9.17, 15) is 4.39 Å². The van der Waals surface area contributed by atoms with Gasteiger partial charge in [0.1, 0.15) is 5.75 Å². The van der Waals surface area contributed by atoms with Crippen LogP contribution in [-0.2, 0) is 0 Å². The van der Waals surface area contributed by atoms with Crippen molar-refractivity contribution in [1.82, 2.24) is 0 Å². The summed E-state index contributed by atoms with van der Waals surface area (Å²) in [6, 6.07) is 9.54. The molecule has 0 fully saturated rings. The molecule has 0 saturated heterocycles. The molecule has 0 amide bonds. The maximum atomic E-state index is 13.5. The van der Waals surface area contributed by atoms with Gasteiger partial charge in [-0.2, -0.15) is 0 Å². The highest BCUT2D eigenvalue weighted by Crippen LogP contribution is 2.30. The average Bonchev–Trinajstić information content (AvgIpc) is 2.27. The summed E-state index contributed by atoms with van der Waals surface area (Å²) < 4.78 is 18.9. The Morgan fingerprint density at radius 1 is 1.00 bits per heavy atom. The highest BCUT2D eigenvalue weighted by atomic mass is 35.5. The lowest BCUT2D eigenvalue weighted by Gasteiger charge is -2.08. The highest BCUT2D eigenvalue weighted by molar-refractivity contribution is 6.42. The van der Waals surface area contributed by atoms with Crippen LogP contribution in [0.25, 0.3) is 0 Å². The molecule has 0 N–H and O–H groups in total. The van der Waals surface area contributed by atoms with Crippen LogP contribution < -0.4 is 4.74 Å². The Bertz CT molecular complexity index is 555. The quantitative estimate of drug-likeness (QED) is 0.726. The molecule has 0 unspecified atom stereocenters. The van der Waals surface area contributed by atoms with E-state index in [1.54, 1.807) is 30.3 Å². The minimum atomic E-state index is -0.406. The van der Waals surface area contributed by atoms with E-state index < -0.39 is 5.82 Å². The molecule has 4 heteroatoms. The van der Waals surface area contributed by atoms with Gasteiger partial charge in [0.25, 0.3) is 0 Å². The van der Waals surface area contributed by atoms with Crippen molar-refractivity contribution in [2.24, 2.45) is 0 Å². The summed E-state index contributed by atoms with van der Waals surface area (Å²) in [5, 5.41) is 0.806. The van der Waals surface area contributed by atoms with E-state index in [1.165, 1.54) is 6.07 Å². The number of rotatable bonds is 2. The molecule has 0 atom stereocenters. The van der Waals surface area contributed by atoms with Crippen LogP contribution in [0.3, 0.4) is 0 Å². The van der Waals surface area contributed by atoms with E-state index in [1.807, 2.05) is 6.92 Å². The fraction of sp³-hybridized carbons (Fsp3) is 0.0769. The third-order valence-corrected chi connectivity index (χ3v) is 2.95. The smallest absolute Gasteiger partial charge is 0.165 e. The zero-order valence-electron chi connectivity index (χ0n) is 9.01. The van der Waals surface area contributed by atoms with Crippen molar-refractivity contribution in [2.45, 2.75) is 6.92 Å². The fourth-order valence-electron chi connectivity index (χ4n) is 1.36. The second-order valence-corrected chi connectivity index (χ2v) is 4.43. The van der Waals surface area contributed by atoms with Crippen molar-refractivity contribution in [3.05, 3.63) is 57.8 Å². The van der Waals surface area contributed by atoms with Crippen LogP contribution in [0.2, 0.25) is 10.0 Å². The monoisotopic (exact) mass is 270 g/mol. The number of benzene rings is 2. The fourth-order valence-corrected chi connectivity index (χ4v) is 1.64. The van der Waals surface area contributed by atoms with Gasteiger partial charge in [-0.3, -0.25) is 0 Å². The Hall–Kier alpha value is -1.25. The zero-order chi connectivity index (χ0) is 12.4. The van der Waals surface area contributed by atoms with Crippen LogP contribution in [0.4, 0.5) is 4.39 Å². The first-order valence-electron chi connectivity index (χ1n) is 4.95. The number of hydrogen-bond donors (Lipinski definition) is 0. The molecule has 2 aromatic carbocycles. The van der Waals surface area contributed by atoms with Crippen LogP contribution in [0.5, 0.6) is 11.5 Å². The van der Waals surface area contributed by atoms with Gasteiger partial charge in [-0.15, -0.1) is 0 Å². The molecule has 0 aliphatic rings. The van der Waals surface area contributed by atoms with Gasteiger partial charge in [0, 0.05) is 6.07 Å². The Morgan fingerprint density at radius 2 is 1.76 bits per heavy atom. The van der Waals surface area contributed by atoms with Crippen LogP contribution >= 0.6 is 23.2 Å². The minimum absolute atomic E-state index is 0.161. The summed E-state index contributed by atoms with van der Waals surface area (Å²) in [6.07, 6.45) is 0. The topological polar surface area (TPSA) is 9.23 Å². The predicted molar refractivity (Wildman–Crippen MR) is 67.7 cm³/mol. The van der Waals surface area contributed by atoms with E-state index in [4.69, 9.17) is 27.9 Å². The van der Waals surface area contributed by atoms with Crippen LogP contribution in [0.1, 0.15) is 5.56 Å². The molecular formula is C13H9Cl2FO. The molecule has 1 nitrogen and oxygen atoms in total. The lowest BCUT2D eigenvalue weighted by atomic mass is 10.2. The maximum absolute atomic E-state index is 13.5. The summed E-state index contributed by atoms with van der Waals surface area (Å²) >= 11 is 11.6. The number of halogens is 3. The normalized spacial score (nSPS) is 10.4. The molecule has 88 valence electrons. The van der Waals surface area contributed by atoms with Crippen molar-refractivity contribution in [3.8, 4) is 11.5 Å². The van der Waals surface area contributed by atoms with Crippen LogP contribution in [0.15, 0.2) is 36.4 Å². The molecule has 0 saturated carbocycles. The van der Waals surface area contributed by atoms with Gasteiger partial charge in [-0.25, -0.2) is 4.39 Å². The van der Waals surface area contributed by atoms with Gasteiger partial charge in [0.15, 0.2) is 11.6 Å². The first-order chi connectivity index (χ1) is 8.06. The predicted octanol–water partition coefficient (Wildman–Crippen LogP) is 5.23. The molecule has 2 aromatic rings. The first kappa shape index (κ1) is 12.2. The van der Waals surface area contributed by atoms with E-state index in [-0.39, 0.29) is 5.75 Å². The van der Waals surface area contributed by atoms with Crippen LogP contribution in [-0.4, -0.2) is 0 Å². The molecule has 0 aromatic heterocycles. The third-order valence-electron chi connectivity index (χ3n) is 2.21. The highest BCUT2D eigenvalue weighted by Gasteiger charge is 2.06. The Morgan fingerprint density at radius 3 is 2.41 bits per heavy atom. The van der Waals surface area contributed by atoms with Gasteiger partial charge in [0.05, 0.1) is 10.0 Å². The molecular weight excluding hydrogens is 262 g/mol. The van der Waals surface area contributed by atoms with E-state index in [2.05, 4.69) is 0 Å². The third kappa shape index (κ3) is 2.90. The molecule has 0 aliphatic carbocycles. The van der Waals surface area contributed by atoms with Crippen molar-refractivity contribution >= 4 is 23.2 Å². The molecule has 0 spiro atoms. The summed E-state index contributed by atoms with van der Waals surface area (Å²) in [7, 11) is 0. The number of hydrogen-bond acceptors (Lipinski definition) is 1. The summed E-state index contributed by atoms with van der Waals surface area (Å²) in [6.45, 7) is 1.81. The first-order valence-corrected chi connectivity index (χ1v) is 5.71. The van der Waals surface area contributed by atoms with Crippen molar-refractivity contribution in [3.63, 3.8) is 0 Å². The molecule has 2 rings (SSSR count). The zero-order valence-corrected chi connectivity index (χ0v) is 10.5. The van der Waals surface area contributed by atoms with Gasteiger partial charge in [-0.1, -0.05) is 29.3 Å². The van der Waals surface area contributed by atoms with E-state index in [0.29, 0.717) is 15.8 Å². The molecule has 0 radical (unpaired) electrons. The SMILES string of the molecule is Cc1ccc(Oc2ccc(Cl)c(Cl)c2)c(F)c1. The van der Waals surface area contributed by atoms with Gasteiger partial charge >= 0.3 is 0 Å². The summed E-state index contributed by atoms with van der Waals surface area (Å²) in [5.74, 6) is 0.201. The van der Waals surface area contributed by atoms with E-state index >= 15 is 0 Å². The largest absolute Gasteiger partial charge is 0.454 e. The van der Waals surface area contributed by atoms with Gasteiger partial charge in [-0.05, 0) is 36.8 Å². The van der Waals surface area contributed by atoms with Crippen molar-refractivity contribution in [2.75, 3.05) is 0 Å². The van der Waals surface area contributed by atoms with Gasteiger partial charge in [0.2, 0.25) is 0 Å². The molecule has 0 bridgehead atoms. The average molecular weight is 271 g/mol. The number of aryl methyl sites for hydroxylation is 1. The van der Waals surface area contributed by atoms with Crippen molar-refractivity contribution < 1.29 is 9.13 Å². The number of ether oxygens (including phenoxy) is 1. The second-order valence-electron chi connectivity index (χ2n) is 3.61. The Labute approximate surface area is 109 Å². The molecule has 0 aliphatic heterocycles. The maximum Gasteiger partial charge on any atom is 0.165 e. The van der Waals surface area contributed by atoms with Gasteiger partial charge < -0.3 is 4.74 Å². The molecule has 17 heavy (non-hydrogen) atoms. The standard InChI is InChI=1S/C13H9Cl2FO/c1-8-2-5-13(12(16)6-8)17-9-3-4-10(14)11(15)7-9/h2-7H,1H3. The molecule has 0 heterocycles. The lowest BCUT2D eigenvalue weighted by Crippen LogP contribution is -1.89. The second kappa shape index (κ2) is 4.94.